The van der Waals surface area contributed by atoms with Gasteiger partial charge in [0.1, 0.15) is 22.7 Å². The zero-order chi connectivity index (χ0) is 17.1. The number of carbonyl (C=O) groups excluding carboxylic acids is 1. The molecule has 1 aliphatic rings. The number of hydrogen-bond donors (Lipinski definition) is 4. The van der Waals surface area contributed by atoms with Gasteiger partial charge in [-0.1, -0.05) is 12.1 Å². The van der Waals surface area contributed by atoms with E-state index in [-0.39, 0.29) is 33.6 Å². The summed E-state index contributed by atoms with van der Waals surface area (Å²) in [5, 5.41) is 40.1. The number of rotatable bonds is 1. The average Bonchev–Trinajstić information content (AvgIpc) is 2.44. The molecule has 0 aromatic heterocycles. The minimum absolute atomic E-state index is 0.0146. The second-order valence-corrected chi connectivity index (χ2v) is 5.72. The molecule has 23 heavy (non-hydrogen) atoms. The van der Waals surface area contributed by atoms with E-state index in [1.807, 2.05) is 0 Å². The third-order valence-electron chi connectivity index (χ3n) is 4.32. The normalized spacial score (nSPS) is 19.2. The van der Waals surface area contributed by atoms with Gasteiger partial charge in [0.2, 0.25) is 0 Å². The number of carboxylic acid groups (broad SMARTS) is 1. The zero-order valence-corrected chi connectivity index (χ0v) is 12.4. The van der Waals surface area contributed by atoms with Crippen LogP contribution in [0.15, 0.2) is 24.3 Å². The Labute approximate surface area is 131 Å². The maximum atomic E-state index is 12.8. The highest BCUT2D eigenvalue weighted by Gasteiger charge is 2.42. The minimum atomic E-state index is -1.66. The summed E-state index contributed by atoms with van der Waals surface area (Å²) in [6.45, 7) is 2.82. The summed E-state index contributed by atoms with van der Waals surface area (Å²) in [6, 6.07) is 5.43. The van der Waals surface area contributed by atoms with Crippen LogP contribution in [0.3, 0.4) is 0 Å². The first kappa shape index (κ1) is 15.1. The SMILES string of the molecule is Cc1c(C(=O)O)c(O)cc2c1C(=O)c1c(O)cccc1[C@@]2(C)O. The molecule has 118 valence electrons. The predicted octanol–water partition coefficient (Wildman–Crippen LogP) is 1.90. The molecule has 0 radical (unpaired) electrons. The van der Waals surface area contributed by atoms with E-state index in [9.17, 15) is 30.0 Å². The van der Waals surface area contributed by atoms with Crippen molar-refractivity contribution < 1.29 is 30.0 Å². The van der Waals surface area contributed by atoms with Crippen molar-refractivity contribution in [2.45, 2.75) is 19.4 Å². The maximum Gasteiger partial charge on any atom is 0.339 e. The van der Waals surface area contributed by atoms with Gasteiger partial charge in [-0.2, -0.15) is 0 Å². The highest BCUT2D eigenvalue weighted by Crippen LogP contribution is 2.45. The number of aromatic hydroxyl groups is 2. The van der Waals surface area contributed by atoms with Gasteiger partial charge in [-0.15, -0.1) is 0 Å². The number of aromatic carboxylic acids is 1. The van der Waals surface area contributed by atoms with Crippen LogP contribution in [-0.4, -0.2) is 32.2 Å². The lowest BCUT2D eigenvalue weighted by Crippen LogP contribution is -2.34. The average molecular weight is 314 g/mol. The molecule has 3 rings (SSSR count). The van der Waals surface area contributed by atoms with Gasteiger partial charge in [0.05, 0.1) is 5.56 Å². The molecule has 2 aromatic carbocycles. The lowest BCUT2D eigenvalue weighted by atomic mass is 9.72. The van der Waals surface area contributed by atoms with Gasteiger partial charge < -0.3 is 20.4 Å². The van der Waals surface area contributed by atoms with Crippen LogP contribution < -0.4 is 0 Å². The molecule has 0 spiro atoms. The van der Waals surface area contributed by atoms with Crippen molar-refractivity contribution in [3.05, 3.63) is 57.6 Å². The van der Waals surface area contributed by atoms with Crippen LogP contribution in [0.25, 0.3) is 0 Å². The summed E-state index contributed by atoms with van der Waals surface area (Å²) in [7, 11) is 0. The van der Waals surface area contributed by atoms with E-state index in [4.69, 9.17) is 0 Å². The Kier molecular flexibility index (Phi) is 2.99. The second kappa shape index (κ2) is 4.57. The van der Waals surface area contributed by atoms with Crippen LogP contribution in [0.4, 0.5) is 0 Å². The number of hydrogen-bond acceptors (Lipinski definition) is 5. The van der Waals surface area contributed by atoms with E-state index in [1.165, 1.54) is 32.0 Å². The molecule has 0 fully saturated rings. The molecule has 0 saturated heterocycles. The van der Waals surface area contributed by atoms with Crippen LogP contribution in [0, 0.1) is 6.92 Å². The van der Waals surface area contributed by atoms with Crippen LogP contribution in [-0.2, 0) is 5.60 Å². The van der Waals surface area contributed by atoms with E-state index in [0.717, 1.165) is 6.07 Å². The van der Waals surface area contributed by atoms with Crippen molar-refractivity contribution in [2.75, 3.05) is 0 Å². The number of phenolic OH excluding ortho intramolecular Hbond substituents is 1. The summed E-state index contributed by atoms with van der Waals surface area (Å²) >= 11 is 0. The number of aliphatic hydroxyl groups is 1. The van der Waals surface area contributed by atoms with E-state index in [0.29, 0.717) is 0 Å². The maximum absolute atomic E-state index is 12.8. The van der Waals surface area contributed by atoms with E-state index >= 15 is 0 Å². The smallest absolute Gasteiger partial charge is 0.339 e. The molecule has 6 nitrogen and oxygen atoms in total. The molecular weight excluding hydrogens is 300 g/mol. The fourth-order valence-electron chi connectivity index (χ4n) is 3.20. The van der Waals surface area contributed by atoms with Crippen LogP contribution in [0.5, 0.6) is 11.5 Å². The van der Waals surface area contributed by atoms with Gasteiger partial charge >= 0.3 is 5.97 Å². The molecular formula is C17H14O6. The number of ketones is 1. The van der Waals surface area contributed by atoms with Crippen LogP contribution >= 0.6 is 0 Å². The van der Waals surface area contributed by atoms with Gasteiger partial charge in [-0.3, -0.25) is 4.79 Å². The molecule has 1 atom stereocenters. The van der Waals surface area contributed by atoms with Crippen molar-refractivity contribution in [3.8, 4) is 11.5 Å². The third kappa shape index (κ3) is 1.85. The van der Waals surface area contributed by atoms with Gasteiger partial charge in [-0.05, 0) is 31.5 Å². The number of fused-ring (bicyclic) bond motifs is 2. The van der Waals surface area contributed by atoms with Gasteiger partial charge in [0.25, 0.3) is 0 Å². The highest BCUT2D eigenvalue weighted by molar-refractivity contribution is 6.16. The van der Waals surface area contributed by atoms with Crippen molar-refractivity contribution in [1.82, 2.24) is 0 Å². The third-order valence-corrected chi connectivity index (χ3v) is 4.32. The Morgan fingerprint density at radius 3 is 2.35 bits per heavy atom. The first-order valence-corrected chi connectivity index (χ1v) is 6.87. The fraction of sp³-hybridized carbons (Fsp3) is 0.176. The predicted molar refractivity (Wildman–Crippen MR) is 80.0 cm³/mol. The Hall–Kier alpha value is -2.86. The number of phenols is 2. The van der Waals surface area contributed by atoms with Crippen molar-refractivity contribution in [3.63, 3.8) is 0 Å². The molecule has 0 bridgehead atoms. The van der Waals surface area contributed by atoms with Crippen molar-refractivity contribution in [2.24, 2.45) is 0 Å². The summed E-state index contributed by atoms with van der Waals surface area (Å²) in [5.41, 5.74) is -1.76. The summed E-state index contributed by atoms with van der Waals surface area (Å²) in [6.07, 6.45) is 0. The molecule has 0 amide bonds. The standard InChI is InChI=1S/C17H14O6/c1-7-12-9(6-11(19)13(7)16(21)22)17(2,23)8-4-3-5-10(18)14(8)15(12)20/h3-6,18-19,23H,1-2H3,(H,21,22)/t17-/m1/s1. The largest absolute Gasteiger partial charge is 0.507 e. The second-order valence-electron chi connectivity index (χ2n) is 5.72. The Morgan fingerprint density at radius 1 is 1.09 bits per heavy atom. The van der Waals surface area contributed by atoms with Crippen molar-refractivity contribution >= 4 is 11.8 Å². The summed E-state index contributed by atoms with van der Waals surface area (Å²) in [5.74, 6) is -2.77. The monoisotopic (exact) mass is 314 g/mol. The van der Waals surface area contributed by atoms with E-state index < -0.39 is 28.7 Å². The summed E-state index contributed by atoms with van der Waals surface area (Å²) < 4.78 is 0. The lowest BCUT2D eigenvalue weighted by molar-refractivity contribution is 0.0690. The Morgan fingerprint density at radius 2 is 1.74 bits per heavy atom. The Bertz CT molecular complexity index is 879. The highest BCUT2D eigenvalue weighted by atomic mass is 16.4. The summed E-state index contributed by atoms with van der Waals surface area (Å²) in [4.78, 5) is 24.1. The first-order chi connectivity index (χ1) is 10.7. The topological polar surface area (TPSA) is 115 Å². The molecule has 6 heteroatoms. The van der Waals surface area contributed by atoms with Gasteiger partial charge in [0.15, 0.2) is 5.78 Å². The number of carbonyl (C=O) groups is 2. The van der Waals surface area contributed by atoms with Crippen LogP contribution in [0.2, 0.25) is 0 Å². The fourth-order valence-corrected chi connectivity index (χ4v) is 3.20. The minimum Gasteiger partial charge on any atom is -0.507 e. The van der Waals surface area contributed by atoms with Crippen LogP contribution in [0.1, 0.15) is 49.9 Å². The van der Waals surface area contributed by atoms with Gasteiger partial charge in [-0.25, -0.2) is 4.79 Å². The van der Waals surface area contributed by atoms with E-state index in [2.05, 4.69) is 0 Å². The molecule has 0 unspecified atom stereocenters. The molecule has 4 N–H and O–H groups in total. The molecule has 2 aromatic rings. The molecule has 1 aliphatic carbocycles. The first-order valence-electron chi connectivity index (χ1n) is 6.87. The van der Waals surface area contributed by atoms with Crippen molar-refractivity contribution in [1.29, 1.82) is 0 Å². The zero-order valence-electron chi connectivity index (χ0n) is 12.4. The van der Waals surface area contributed by atoms with Gasteiger partial charge in [0, 0.05) is 16.7 Å². The molecule has 0 saturated carbocycles. The number of carboxylic acids is 1. The Balaban J connectivity index is 2.46. The number of benzene rings is 2. The van der Waals surface area contributed by atoms with E-state index in [1.54, 1.807) is 0 Å². The quantitative estimate of drug-likeness (QED) is 0.639. The molecule has 0 heterocycles. The molecule has 0 aliphatic heterocycles. The lowest BCUT2D eigenvalue weighted by Gasteiger charge is -2.34.